The molecule has 0 aliphatic carbocycles. The van der Waals surface area contributed by atoms with Gasteiger partial charge in [-0.1, -0.05) is 60.7 Å². The third-order valence-electron chi connectivity index (χ3n) is 5.39. The molecule has 0 atom stereocenters. The maximum Gasteiger partial charge on any atom is 0.255 e. The minimum atomic E-state index is -0.256. The molecule has 4 rings (SSSR count). The number of nitrogens with one attached hydrogen (secondary N) is 3. The lowest BCUT2D eigenvalue weighted by Crippen LogP contribution is -2.34. The molecular weight excluding hydrogens is 438 g/mol. The van der Waals surface area contributed by atoms with Crippen LogP contribution >= 0.6 is 0 Å². The number of anilines is 1. The van der Waals surface area contributed by atoms with Crippen LogP contribution in [0.5, 0.6) is 0 Å². The predicted octanol–water partition coefficient (Wildman–Crippen LogP) is 4.77. The molecule has 0 aliphatic heterocycles. The van der Waals surface area contributed by atoms with Crippen LogP contribution in [0.3, 0.4) is 0 Å². The van der Waals surface area contributed by atoms with Gasteiger partial charge < -0.3 is 16.0 Å². The molecule has 0 saturated carbocycles. The molecule has 0 radical (unpaired) electrons. The van der Waals surface area contributed by atoms with E-state index in [0.29, 0.717) is 35.5 Å². The molecule has 6 heteroatoms. The fraction of sp³-hybridized carbons (Fsp3) is 0.0690. The number of carbonyl (C=O) groups is 3. The second-order valence-electron chi connectivity index (χ2n) is 7.85. The topological polar surface area (TPSA) is 87.3 Å². The highest BCUT2D eigenvalue weighted by Crippen LogP contribution is 2.20. The fourth-order valence-electron chi connectivity index (χ4n) is 3.50. The number of rotatable bonds is 8. The zero-order chi connectivity index (χ0) is 24.5. The molecule has 0 unspecified atom stereocenters. The van der Waals surface area contributed by atoms with Crippen LogP contribution < -0.4 is 16.0 Å². The summed E-state index contributed by atoms with van der Waals surface area (Å²) in [6, 6.07) is 32.9. The minimum Gasteiger partial charge on any atom is -0.350 e. The van der Waals surface area contributed by atoms with E-state index in [-0.39, 0.29) is 17.7 Å². The van der Waals surface area contributed by atoms with Crippen LogP contribution in [0.2, 0.25) is 0 Å². The van der Waals surface area contributed by atoms with Gasteiger partial charge in [0.05, 0.1) is 0 Å². The number of hydrogen-bond donors (Lipinski definition) is 3. The summed E-state index contributed by atoms with van der Waals surface area (Å²) < 4.78 is 0. The number of amides is 3. The Labute approximate surface area is 204 Å². The average Bonchev–Trinajstić information content (AvgIpc) is 2.92. The van der Waals surface area contributed by atoms with Crippen LogP contribution in [0.4, 0.5) is 5.69 Å². The third-order valence-corrected chi connectivity index (χ3v) is 5.39. The van der Waals surface area contributed by atoms with Crippen molar-refractivity contribution < 1.29 is 14.4 Å². The summed E-state index contributed by atoms with van der Waals surface area (Å²) in [6.07, 6.45) is 0. The van der Waals surface area contributed by atoms with Crippen molar-refractivity contribution in [3.8, 4) is 11.1 Å². The maximum absolute atomic E-state index is 12.6. The van der Waals surface area contributed by atoms with Gasteiger partial charge in [-0.05, 0) is 59.7 Å². The highest BCUT2D eigenvalue weighted by atomic mass is 16.2. The monoisotopic (exact) mass is 463 g/mol. The first-order chi connectivity index (χ1) is 17.1. The quantitative estimate of drug-likeness (QED) is 0.329. The van der Waals surface area contributed by atoms with E-state index in [1.807, 2.05) is 48.5 Å². The molecule has 0 saturated heterocycles. The van der Waals surface area contributed by atoms with E-state index in [1.54, 1.807) is 60.7 Å². The van der Waals surface area contributed by atoms with E-state index in [4.69, 9.17) is 0 Å². The molecule has 0 heterocycles. The Morgan fingerprint density at radius 1 is 0.457 bits per heavy atom. The summed E-state index contributed by atoms with van der Waals surface area (Å²) in [5.74, 6) is -0.668. The van der Waals surface area contributed by atoms with Gasteiger partial charge in [0, 0.05) is 35.5 Å². The minimum absolute atomic E-state index is 0.186. The first kappa shape index (κ1) is 23.4. The lowest BCUT2D eigenvalue weighted by molar-refractivity contribution is 0.0927. The van der Waals surface area contributed by atoms with Gasteiger partial charge in [-0.3, -0.25) is 14.4 Å². The van der Waals surface area contributed by atoms with Crippen molar-refractivity contribution in [3.05, 3.63) is 126 Å². The summed E-state index contributed by atoms with van der Waals surface area (Å²) in [5.41, 5.74) is 4.30. The van der Waals surface area contributed by atoms with Gasteiger partial charge in [-0.25, -0.2) is 0 Å². The van der Waals surface area contributed by atoms with Crippen molar-refractivity contribution in [2.45, 2.75) is 0 Å². The highest BCUT2D eigenvalue weighted by Gasteiger charge is 2.09. The standard InChI is InChI=1S/C29H25N3O3/c33-27(23-9-5-2-6-10-23)30-19-20-31-28(34)24-15-17-26(18-16-24)32-29(35)25-13-11-22(12-14-25)21-7-3-1-4-8-21/h1-18H,19-20H2,(H,30,33)(H,31,34)(H,32,35). The Hall–Kier alpha value is -4.71. The Morgan fingerprint density at radius 3 is 1.46 bits per heavy atom. The molecule has 0 aliphatic rings. The fourth-order valence-corrected chi connectivity index (χ4v) is 3.50. The van der Waals surface area contributed by atoms with Gasteiger partial charge in [0.2, 0.25) is 0 Å². The van der Waals surface area contributed by atoms with Crippen LogP contribution in [-0.4, -0.2) is 30.8 Å². The molecule has 0 aromatic heterocycles. The maximum atomic E-state index is 12.6. The summed E-state index contributed by atoms with van der Waals surface area (Å²) in [7, 11) is 0. The first-order valence-corrected chi connectivity index (χ1v) is 11.3. The Morgan fingerprint density at radius 2 is 0.886 bits per heavy atom. The third kappa shape index (κ3) is 6.42. The van der Waals surface area contributed by atoms with E-state index in [2.05, 4.69) is 16.0 Å². The molecule has 3 N–H and O–H groups in total. The number of carbonyl (C=O) groups excluding carboxylic acids is 3. The first-order valence-electron chi connectivity index (χ1n) is 11.3. The van der Waals surface area contributed by atoms with Crippen molar-refractivity contribution >= 4 is 23.4 Å². The van der Waals surface area contributed by atoms with Crippen molar-refractivity contribution in [1.29, 1.82) is 0 Å². The van der Waals surface area contributed by atoms with Crippen LogP contribution in [0.1, 0.15) is 31.1 Å². The second kappa shape index (κ2) is 11.4. The van der Waals surface area contributed by atoms with Crippen LogP contribution in [0.25, 0.3) is 11.1 Å². The molecule has 0 bridgehead atoms. The molecule has 4 aromatic carbocycles. The van der Waals surface area contributed by atoms with Crippen molar-refractivity contribution in [1.82, 2.24) is 10.6 Å². The van der Waals surface area contributed by atoms with Crippen molar-refractivity contribution in [2.24, 2.45) is 0 Å². The van der Waals surface area contributed by atoms with E-state index in [0.717, 1.165) is 11.1 Å². The average molecular weight is 464 g/mol. The van der Waals surface area contributed by atoms with Gasteiger partial charge in [0.25, 0.3) is 17.7 Å². The van der Waals surface area contributed by atoms with Gasteiger partial charge in [-0.2, -0.15) is 0 Å². The van der Waals surface area contributed by atoms with E-state index in [9.17, 15) is 14.4 Å². The Bertz CT molecular complexity index is 1290. The summed E-state index contributed by atoms with van der Waals surface area (Å²) in [6.45, 7) is 0.617. The van der Waals surface area contributed by atoms with Crippen molar-refractivity contribution in [2.75, 3.05) is 18.4 Å². The van der Waals surface area contributed by atoms with Crippen molar-refractivity contribution in [3.63, 3.8) is 0 Å². The smallest absolute Gasteiger partial charge is 0.255 e. The van der Waals surface area contributed by atoms with Gasteiger partial charge >= 0.3 is 0 Å². The van der Waals surface area contributed by atoms with E-state index >= 15 is 0 Å². The second-order valence-corrected chi connectivity index (χ2v) is 7.85. The number of hydrogen-bond acceptors (Lipinski definition) is 3. The molecule has 0 spiro atoms. The Kier molecular flexibility index (Phi) is 7.66. The van der Waals surface area contributed by atoms with Crippen LogP contribution in [0, 0.1) is 0 Å². The normalized spacial score (nSPS) is 10.3. The summed E-state index contributed by atoms with van der Waals surface area (Å²) in [4.78, 5) is 37.0. The highest BCUT2D eigenvalue weighted by molar-refractivity contribution is 6.04. The Balaban J connectivity index is 1.25. The van der Waals surface area contributed by atoms with Crippen LogP contribution in [-0.2, 0) is 0 Å². The SMILES string of the molecule is O=C(NCCNC(=O)c1ccc(NC(=O)c2ccc(-c3ccccc3)cc2)cc1)c1ccccc1. The molecule has 6 nitrogen and oxygen atoms in total. The van der Waals surface area contributed by atoms with Gasteiger partial charge in [0.15, 0.2) is 0 Å². The zero-order valence-electron chi connectivity index (χ0n) is 19.0. The molecule has 3 amide bonds. The molecule has 4 aromatic rings. The van der Waals surface area contributed by atoms with Gasteiger partial charge in [-0.15, -0.1) is 0 Å². The molecule has 0 fully saturated rings. The lowest BCUT2D eigenvalue weighted by atomic mass is 10.0. The predicted molar refractivity (Wildman–Crippen MR) is 137 cm³/mol. The van der Waals surface area contributed by atoms with E-state index in [1.165, 1.54) is 0 Å². The largest absolute Gasteiger partial charge is 0.350 e. The lowest BCUT2D eigenvalue weighted by Gasteiger charge is -2.09. The zero-order valence-corrected chi connectivity index (χ0v) is 19.0. The summed E-state index contributed by atoms with van der Waals surface area (Å²) >= 11 is 0. The molecule has 35 heavy (non-hydrogen) atoms. The van der Waals surface area contributed by atoms with E-state index < -0.39 is 0 Å². The number of benzene rings is 4. The summed E-state index contributed by atoms with van der Waals surface area (Å²) in [5, 5.41) is 8.38. The molecular formula is C29H25N3O3. The molecule has 174 valence electrons. The van der Waals surface area contributed by atoms with Gasteiger partial charge in [0.1, 0.15) is 0 Å². The van der Waals surface area contributed by atoms with Crippen LogP contribution in [0.15, 0.2) is 109 Å².